The first kappa shape index (κ1) is 39.6. The number of esters is 1. The normalized spacial score (nSPS) is 25.0. The Morgan fingerprint density at radius 3 is 1.94 bits per heavy atom. The standard InChI is InChI=1S/C19H24Cl3NO3.C18H21Cl2NO2/c1-3-12-5-7-19(8-6-12,18(25)26-4-2)23-17(24)10-13-9-15(21)16(22)11-14(13)20;1-3-11-4-6-18(7-5-11)16(22)15(17(23)21-18)12-9-14(20)13(19)8-10(12)2/h9,11-12H,3-8,10H2,1-2H3,(H,23,24);8-9,11,22H,3-7H2,1-2H3,(H,21,23). The van der Waals surface area contributed by atoms with E-state index in [-0.39, 0.29) is 36.6 Å². The average Bonchev–Trinajstić information content (AvgIpc) is 3.30. The molecule has 0 unspecified atom stereocenters. The topological polar surface area (TPSA) is 105 Å². The van der Waals surface area contributed by atoms with E-state index in [1.54, 1.807) is 25.1 Å². The van der Waals surface area contributed by atoms with Crippen molar-refractivity contribution < 1.29 is 24.2 Å². The fourth-order valence-corrected chi connectivity index (χ4v) is 8.22. The molecule has 2 aliphatic carbocycles. The van der Waals surface area contributed by atoms with Crippen molar-refractivity contribution in [2.24, 2.45) is 11.8 Å². The maximum Gasteiger partial charge on any atom is 0.331 e. The zero-order chi connectivity index (χ0) is 36.1. The number of rotatable bonds is 8. The summed E-state index contributed by atoms with van der Waals surface area (Å²) >= 11 is 30.2. The molecule has 0 aromatic heterocycles. The predicted octanol–water partition coefficient (Wildman–Crippen LogP) is 10.2. The van der Waals surface area contributed by atoms with Crippen LogP contribution in [0.2, 0.25) is 25.1 Å². The third-order valence-corrected chi connectivity index (χ3v) is 12.2. The Kier molecular flexibility index (Phi) is 13.7. The number of amides is 2. The van der Waals surface area contributed by atoms with E-state index in [0.717, 1.165) is 56.9 Å². The molecule has 1 heterocycles. The van der Waals surface area contributed by atoms with Crippen LogP contribution in [-0.2, 0) is 25.5 Å². The SMILES string of the molecule is CCC1CCC2(CC1)NC(=O)C(c1cc(Cl)c(Cl)cc1C)=C2O.CCOC(=O)C1(NC(=O)Cc2cc(Cl)c(Cl)cc2Cl)CCC(CC)CC1. The van der Waals surface area contributed by atoms with Gasteiger partial charge in [-0.25, -0.2) is 4.79 Å². The van der Waals surface area contributed by atoms with E-state index in [9.17, 15) is 19.5 Å². The summed E-state index contributed by atoms with van der Waals surface area (Å²) in [5.74, 6) is 0.564. The number of aryl methyl sites for hydroxylation is 1. The summed E-state index contributed by atoms with van der Waals surface area (Å²) in [6.07, 6.45) is 8.82. The summed E-state index contributed by atoms with van der Waals surface area (Å²) in [6, 6.07) is 6.49. The average molecular weight is 775 g/mol. The van der Waals surface area contributed by atoms with E-state index in [2.05, 4.69) is 24.5 Å². The van der Waals surface area contributed by atoms with Gasteiger partial charge in [0.2, 0.25) is 5.91 Å². The molecular formula is C37H45Cl5N2O5. The van der Waals surface area contributed by atoms with Gasteiger partial charge < -0.3 is 20.5 Å². The van der Waals surface area contributed by atoms with Gasteiger partial charge in [-0.1, -0.05) is 84.7 Å². The van der Waals surface area contributed by atoms with Crippen LogP contribution in [0.15, 0.2) is 30.0 Å². The molecule has 0 radical (unpaired) electrons. The first-order valence-corrected chi connectivity index (χ1v) is 18.9. The number of nitrogens with one attached hydrogen (secondary N) is 2. The molecule has 268 valence electrons. The maximum atomic E-state index is 12.6. The van der Waals surface area contributed by atoms with Gasteiger partial charge in [0, 0.05) is 5.02 Å². The molecule has 1 aliphatic heterocycles. The second-order valence-electron chi connectivity index (χ2n) is 13.4. The van der Waals surface area contributed by atoms with Crippen molar-refractivity contribution in [3.05, 3.63) is 71.8 Å². The Morgan fingerprint density at radius 2 is 1.37 bits per heavy atom. The molecule has 1 spiro atoms. The second-order valence-corrected chi connectivity index (χ2v) is 15.5. The van der Waals surface area contributed by atoms with Crippen molar-refractivity contribution in [1.82, 2.24) is 10.6 Å². The number of ether oxygens (including phenoxy) is 1. The minimum absolute atomic E-state index is 0.0219. The number of hydrogen-bond acceptors (Lipinski definition) is 5. The van der Waals surface area contributed by atoms with Crippen molar-refractivity contribution in [2.45, 2.75) is 109 Å². The van der Waals surface area contributed by atoms with Crippen LogP contribution >= 0.6 is 58.0 Å². The van der Waals surface area contributed by atoms with E-state index >= 15 is 0 Å². The summed E-state index contributed by atoms with van der Waals surface area (Å²) in [6.45, 7) is 8.25. The largest absolute Gasteiger partial charge is 0.509 e. The Morgan fingerprint density at radius 1 is 0.837 bits per heavy atom. The lowest BCUT2D eigenvalue weighted by molar-refractivity contribution is -0.155. The predicted molar refractivity (Wildman–Crippen MR) is 199 cm³/mol. The van der Waals surface area contributed by atoms with Crippen molar-refractivity contribution in [1.29, 1.82) is 0 Å². The smallest absolute Gasteiger partial charge is 0.331 e. The van der Waals surface area contributed by atoms with Gasteiger partial charge in [-0.3, -0.25) is 9.59 Å². The van der Waals surface area contributed by atoms with Gasteiger partial charge in [0.15, 0.2) is 0 Å². The highest BCUT2D eigenvalue weighted by molar-refractivity contribution is 6.43. The molecule has 3 aliphatic rings. The Labute approximate surface area is 314 Å². The Hall–Kier alpha value is -2.16. The van der Waals surface area contributed by atoms with Gasteiger partial charge in [0.25, 0.3) is 5.91 Å². The molecule has 3 N–H and O–H groups in total. The molecule has 7 nitrogen and oxygen atoms in total. The van der Waals surface area contributed by atoms with Gasteiger partial charge in [0.1, 0.15) is 11.3 Å². The summed E-state index contributed by atoms with van der Waals surface area (Å²) in [4.78, 5) is 37.8. The summed E-state index contributed by atoms with van der Waals surface area (Å²) in [7, 11) is 0. The minimum Gasteiger partial charge on any atom is -0.509 e. The summed E-state index contributed by atoms with van der Waals surface area (Å²) < 4.78 is 5.24. The van der Waals surface area contributed by atoms with Crippen LogP contribution in [-0.4, -0.2) is 40.6 Å². The van der Waals surface area contributed by atoms with E-state index in [1.165, 1.54) is 6.07 Å². The van der Waals surface area contributed by atoms with Crippen molar-refractivity contribution in [3.8, 4) is 0 Å². The third kappa shape index (κ3) is 9.02. The number of aliphatic hydroxyl groups excluding tert-OH is 1. The molecule has 0 saturated heterocycles. The number of carbonyl (C=O) groups is 3. The fourth-order valence-electron chi connectivity index (χ4n) is 7.20. The quantitative estimate of drug-likeness (QED) is 0.183. The van der Waals surface area contributed by atoms with Crippen LogP contribution in [0, 0.1) is 18.8 Å². The van der Waals surface area contributed by atoms with E-state index in [1.807, 2.05) is 6.92 Å². The molecular weight excluding hydrogens is 730 g/mol. The van der Waals surface area contributed by atoms with Gasteiger partial charge >= 0.3 is 5.97 Å². The number of benzene rings is 2. The molecule has 0 atom stereocenters. The first-order chi connectivity index (χ1) is 23.2. The van der Waals surface area contributed by atoms with Crippen LogP contribution in [0.4, 0.5) is 0 Å². The number of hydrogen-bond donors (Lipinski definition) is 3. The monoisotopic (exact) mass is 772 g/mol. The van der Waals surface area contributed by atoms with Crippen LogP contribution in [0.1, 0.15) is 102 Å². The van der Waals surface area contributed by atoms with Gasteiger partial charge in [-0.2, -0.15) is 0 Å². The Balaban J connectivity index is 0.000000222. The molecule has 0 bridgehead atoms. The third-order valence-electron chi connectivity index (χ3n) is 10.4. The van der Waals surface area contributed by atoms with Crippen molar-refractivity contribution in [2.75, 3.05) is 6.61 Å². The van der Waals surface area contributed by atoms with Crippen molar-refractivity contribution in [3.63, 3.8) is 0 Å². The summed E-state index contributed by atoms with van der Waals surface area (Å²) in [5, 5.41) is 18.7. The minimum atomic E-state index is -0.957. The lowest BCUT2D eigenvalue weighted by atomic mass is 9.75. The lowest BCUT2D eigenvalue weighted by Gasteiger charge is -2.38. The van der Waals surface area contributed by atoms with Crippen LogP contribution in [0.5, 0.6) is 0 Å². The fraction of sp³-hybridized carbons (Fsp3) is 0.541. The molecule has 2 amide bonds. The van der Waals surface area contributed by atoms with Gasteiger partial charge in [-0.15, -0.1) is 0 Å². The van der Waals surface area contributed by atoms with Gasteiger partial charge in [0.05, 0.1) is 44.2 Å². The highest BCUT2D eigenvalue weighted by atomic mass is 35.5. The molecule has 2 saturated carbocycles. The number of halogens is 5. The zero-order valence-corrected chi connectivity index (χ0v) is 32.2. The highest BCUT2D eigenvalue weighted by Crippen LogP contribution is 2.45. The van der Waals surface area contributed by atoms with Crippen LogP contribution in [0.3, 0.4) is 0 Å². The molecule has 2 fully saturated rings. The first-order valence-electron chi connectivity index (χ1n) is 17.0. The van der Waals surface area contributed by atoms with E-state index < -0.39 is 11.1 Å². The summed E-state index contributed by atoms with van der Waals surface area (Å²) in [5.41, 5.74) is 0.841. The molecule has 2 aromatic carbocycles. The maximum absolute atomic E-state index is 12.6. The van der Waals surface area contributed by atoms with Crippen molar-refractivity contribution >= 4 is 81.4 Å². The molecule has 12 heteroatoms. The van der Waals surface area contributed by atoms with Crippen LogP contribution in [0.25, 0.3) is 5.57 Å². The lowest BCUT2D eigenvalue weighted by Crippen LogP contribution is -2.57. The van der Waals surface area contributed by atoms with E-state index in [4.69, 9.17) is 62.7 Å². The van der Waals surface area contributed by atoms with E-state index in [0.29, 0.717) is 66.5 Å². The molecule has 2 aromatic rings. The van der Waals surface area contributed by atoms with Crippen LogP contribution < -0.4 is 10.6 Å². The second kappa shape index (κ2) is 16.9. The zero-order valence-electron chi connectivity index (χ0n) is 28.4. The molecule has 49 heavy (non-hydrogen) atoms. The van der Waals surface area contributed by atoms with Gasteiger partial charge in [-0.05, 0) is 118 Å². The Bertz CT molecular complexity index is 1590. The molecule has 5 rings (SSSR count). The number of aliphatic hydroxyl groups is 1. The highest BCUT2D eigenvalue weighted by Gasteiger charge is 2.48. The number of carbonyl (C=O) groups excluding carboxylic acids is 3.